The van der Waals surface area contributed by atoms with Gasteiger partial charge in [-0.2, -0.15) is 0 Å². The molecule has 0 atom stereocenters. The van der Waals surface area contributed by atoms with Gasteiger partial charge in [0.2, 0.25) is 0 Å². The van der Waals surface area contributed by atoms with Crippen molar-refractivity contribution in [2.75, 3.05) is 0 Å². The number of para-hydroxylation sites is 1. The maximum absolute atomic E-state index is 10.6. The summed E-state index contributed by atoms with van der Waals surface area (Å²) >= 11 is 0. The molecule has 0 heterocycles. The molecule has 0 aliphatic rings. The number of non-ortho nitro benzene ring substituents is 1. The van der Waals surface area contributed by atoms with Gasteiger partial charge in [0.05, 0.1) is 4.92 Å². The van der Waals surface area contributed by atoms with Crippen molar-refractivity contribution in [3.8, 4) is 11.5 Å². The third-order valence-electron chi connectivity index (χ3n) is 2.82. The first-order valence-electron chi connectivity index (χ1n) is 6.09. The number of ether oxygens (including phenoxy) is 1. The second-order valence-electron chi connectivity index (χ2n) is 4.55. The normalized spacial score (nSPS) is 10.5. The van der Waals surface area contributed by atoms with E-state index in [9.17, 15) is 10.1 Å². The first kappa shape index (κ1) is 13.1. The van der Waals surface area contributed by atoms with E-state index in [1.54, 1.807) is 12.1 Å². The molecule has 2 rings (SSSR count). The molecule has 4 heteroatoms. The standard InChI is InChI=1S/C15H15NO3/c1-11(2)14-5-3-4-6-15(14)19-13-9-7-12(8-10-13)16(17)18/h3-11H,1-2H3. The van der Waals surface area contributed by atoms with Crippen LogP contribution >= 0.6 is 0 Å². The fourth-order valence-corrected chi connectivity index (χ4v) is 1.81. The number of nitro benzene ring substituents is 1. The largest absolute Gasteiger partial charge is 0.457 e. The lowest BCUT2D eigenvalue weighted by molar-refractivity contribution is -0.384. The van der Waals surface area contributed by atoms with Crippen LogP contribution in [0.15, 0.2) is 48.5 Å². The molecule has 0 N–H and O–H groups in total. The van der Waals surface area contributed by atoms with Crippen LogP contribution in [0.5, 0.6) is 11.5 Å². The van der Waals surface area contributed by atoms with Gasteiger partial charge in [-0.3, -0.25) is 10.1 Å². The van der Waals surface area contributed by atoms with Crippen LogP contribution in [0.3, 0.4) is 0 Å². The number of nitro groups is 1. The van der Waals surface area contributed by atoms with Crippen molar-refractivity contribution < 1.29 is 9.66 Å². The van der Waals surface area contributed by atoms with Crippen LogP contribution in [-0.4, -0.2) is 4.92 Å². The zero-order valence-electron chi connectivity index (χ0n) is 10.9. The van der Waals surface area contributed by atoms with Crippen LogP contribution in [-0.2, 0) is 0 Å². The third kappa shape index (κ3) is 3.10. The van der Waals surface area contributed by atoms with Gasteiger partial charge in [-0.1, -0.05) is 32.0 Å². The van der Waals surface area contributed by atoms with E-state index >= 15 is 0 Å². The molecule has 2 aromatic carbocycles. The Morgan fingerprint density at radius 3 is 2.26 bits per heavy atom. The SMILES string of the molecule is CC(C)c1ccccc1Oc1ccc([N+](=O)[O-])cc1. The number of rotatable bonds is 4. The lowest BCUT2D eigenvalue weighted by atomic mass is 10.0. The van der Waals surface area contributed by atoms with Crippen molar-refractivity contribution in [1.29, 1.82) is 0 Å². The van der Waals surface area contributed by atoms with Gasteiger partial charge in [-0.15, -0.1) is 0 Å². The van der Waals surface area contributed by atoms with Crippen LogP contribution in [0, 0.1) is 10.1 Å². The second kappa shape index (κ2) is 5.52. The first-order valence-corrected chi connectivity index (χ1v) is 6.09. The van der Waals surface area contributed by atoms with Crippen LogP contribution in [0.1, 0.15) is 25.3 Å². The second-order valence-corrected chi connectivity index (χ2v) is 4.55. The summed E-state index contributed by atoms with van der Waals surface area (Å²) in [5, 5.41) is 10.6. The molecular weight excluding hydrogens is 242 g/mol. The van der Waals surface area contributed by atoms with Crippen molar-refractivity contribution in [3.63, 3.8) is 0 Å². The van der Waals surface area contributed by atoms with Gasteiger partial charge in [-0.05, 0) is 29.7 Å². The summed E-state index contributed by atoms with van der Waals surface area (Å²) in [5.74, 6) is 1.74. The summed E-state index contributed by atoms with van der Waals surface area (Å²) in [4.78, 5) is 10.2. The van der Waals surface area contributed by atoms with E-state index in [-0.39, 0.29) is 5.69 Å². The maximum atomic E-state index is 10.6. The smallest absolute Gasteiger partial charge is 0.269 e. The average Bonchev–Trinajstić information content (AvgIpc) is 2.39. The average molecular weight is 257 g/mol. The van der Waals surface area contributed by atoms with Crippen molar-refractivity contribution >= 4 is 5.69 Å². The summed E-state index contributed by atoms with van der Waals surface area (Å²) in [6.45, 7) is 4.19. The molecule has 4 nitrogen and oxygen atoms in total. The van der Waals surface area contributed by atoms with Crippen molar-refractivity contribution in [2.24, 2.45) is 0 Å². The van der Waals surface area contributed by atoms with Crippen LogP contribution in [0.4, 0.5) is 5.69 Å². The predicted octanol–water partition coefficient (Wildman–Crippen LogP) is 4.51. The van der Waals surface area contributed by atoms with Crippen molar-refractivity contribution in [3.05, 3.63) is 64.2 Å². The van der Waals surface area contributed by atoms with Crippen LogP contribution in [0.25, 0.3) is 0 Å². The Balaban J connectivity index is 2.24. The number of benzene rings is 2. The van der Waals surface area contributed by atoms with E-state index in [0.717, 1.165) is 11.3 Å². The molecule has 0 unspecified atom stereocenters. The van der Waals surface area contributed by atoms with E-state index in [4.69, 9.17) is 4.74 Å². The van der Waals surface area contributed by atoms with Crippen molar-refractivity contribution in [1.82, 2.24) is 0 Å². The molecule has 0 saturated carbocycles. The highest BCUT2D eigenvalue weighted by Gasteiger charge is 2.09. The van der Waals surface area contributed by atoms with Gasteiger partial charge >= 0.3 is 0 Å². The monoisotopic (exact) mass is 257 g/mol. The minimum Gasteiger partial charge on any atom is -0.457 e. The van der Waals surface area contributed by atoms with Gasteiger partial charge < -0.3 is 4.74 Å². The highest BCUT2D eigenvalue weighted by molar-refractivity contribution is 5.42. The predicted molar refractivity (Wildman–Crippen MR) is 73.7 cm³/mol. The molecule has 0 aromatic heterocycles. The molecule has 0 fully saturated rings. The van der Waals surface area contributed by atoms with Gasteiger partial charge in [0, 0.05) is 12.1 Å². The van der Waals surface area contributed by atoms with E-state index in [0.29, 0.717) is 11.7 Å². The minimum atomic E-state index is -0.425. The van der Waals surface area contributed by atoms with Gasteiger partial charge in [0.15, 0.2) is 0 Å². The number of hydrogen-bond donors (Lipinski definition) is 0. The lowest BCUT2D eigenvalue weighted by Gasteiger charge is -2.13. The van der Waals surface area contributed by atoms with E-state index in [2.05, 4.69) is 13.8 Å². The Morgan fingerprint density at radius 2 is 1.68 bits per heavy atom. The summed E-state index contributed by atoms with van der Waals surface area (Å²) in [6.07, 6.45) is 0. The van der Waals surface area contributed by atoms with E-state index in [1.165, 1.54) is 12.1 Å². The molecule has 0 spiro atoms. The van der Waals surface area contributed by atoms with Crippen LogP contribution < -0.4 is 4.74 Å². The summed E-state index contributed by atoms with van der Waals surface area (Å²) in [6, 6.07) is 13.9. The maximum Gasteiger partial charge on any atom is 0.269 e. The van der Waals surface area contributed by atoms with Crippen molar-refractivity contribution in [2.45, 2.75) is 19.8 Å². The zero-order chi connectivity index (χ0) is 13.8. The molecule has 0 aliphatic carbocycles. The Hall–Kier alpha value is -2.36. The Labute approximate surface area is 111 Å². The summed E-state index contributed by atoms with van der Waals surface area (Å²) in [5.41, 5.74) is 1.17. The van der Waals surface area contributed by atoms with Gasteiger partial charge in [-0.25, -0.2) is 0 Å². The lowest BCUT2D eigenvalue weighted by Crippen LogP contribution is -1.94. The van der Waals surface area contributed by atoms with Crippen LogP contribution in [0.2, 0.25) is 0 Å². The molecule has 2 aromatic rings. The molecule has 19 heavy (non-hydrogen) atoms. The first-order chi connectivity index (χ1) is 9.08. The molecular formula is C15H15NO3. The number of hydrogen-bond acceptors (Lipinski definition) is 3. The quantitative estimate of drug-likeness (QED) is 0.598. The Bertz CT molecular complexity index is 576. The Kier molecular flexibility index (Phi) is 3.80. The molecule has 0 bridgehead atoms. The van der Waals surface area contributed by atoms with Gasteiger partial charge in [0.1, 0.15) is 11.5 Å². The van der Waals surface area contributed by atoms with Gasteiger partial charge in [0.25, 0.3) is 5.69 Å². The Morgan fingerprint density at radius 1 is 1.05 bits per heavy atom. The minimum absolute atomic E-state index is 0.0597. The molecule has 98 valence electrons. The molecule has 0 saturated heterocycles. The zero-order valence-corrected chi connectivity index (χ0v) is 10.9. The fraction of sp³-hybridized carbons (Fsp3) is 0.200. The topological polar surface area (TPSA) is 52.4 Å². The number of nitrogens with zero attached hydrogens (tertiary/aromatic N) is 1. The fourth-order valence-electron chi connectivity index (χ4n) is 1.81. The molecule has 0 amide bonds. The van der Waals surface area contributed by atoms with E-state index < -0.39 is 4.92 Å². The third-order valence-corrected chi connectivity index (χ3v) is 2.82. The molecule has 0 radical (unpaired) electrons. The molecule has 0 aliphatic heterocycles. The van der Waals surface area contributed by atoms with E-state index in [1.807, 2.05) is 24.3 Å². The highest BCUT2D eigenvalue weighted by atomic mass is 16.6. The summed E-state index contributed by atoms with van der Waals surface area (Å²) in [7, 11) is 0. The highest BCUT2D eigenvalue weighted by Crippen LogP contribution is 2.30. The summed E-state index contributed by atoms with van der Waals surface area (Å²) < 4.78 is 5.78.